The van der Waals surface area contributed by atoms with E-state index in [0.717, 1.165) is 6.42 Å². The van der Waals surface area contributed by atoms with E-state index in [4.69, 9.17) is 5.11 Å². The van der Waals surface area contributed by atoms with Gasteiger partial charge in [-0.3, -0.25) is 9.00 Å². The van der Waals surface area contributed by atoms with Gasteiger partial charge in [-0.2, -0.15) is 0 Å². The minimum absolute atomic E-state index is 0.164. The first kappa shape index (κ1) is 18.9. The number of rotatable bonds is 10. The van der Waals surface area contributed by atoms with Crippen LogP contribution in [0.1, 0.15) is 33.1 Å². The molecule has 0 spiro atoms. The molecule has 0 saturated carbocycles. The van der Waals surface area contributed by atoms with Crippen LogP contribution in [0.3, 0.4) is 0 Å². The maximum atomic E-state index is 11.4. The van der Waals surface area contributed by atoms with E-state index in [9.17, 15) is 13.8 Å². The van der Waals surface area contributed by atoms with Crippen LogP contribution in [0.2, 0.25) is 0 Å². The molecule has 0 fully saturated rings. The van der Waals surface area contributed by atoms with Crippen LogP contribution in [-0.2, 0) is 15.6 Å². The maximum absolute atomic E-state index is 11.4. The number of hydrogen-bond acceptors (Lipinski definition) is 3. The third kappa shape index (κ3) is 10.8. The zero-order valence-corrected chi connectivity index (χ0v) is 13.3. The fourth-order valence-electron chi connectivity index (χ4n) is 1.86. The quantitative estimate of drug-likeness (QED) is 0.565. The second-order valence-corrected chi connectivity index (χ2v) is 6.74. The molecule has 7 heteroatoms. The molecular weight excluding hydrogens is 280 g/mol. The predicted octanol–water partition coefficient (Wildman–Crippen LogP) is 1.19. The summed E-state index contributed by atoms with van der Waals surface area (Å²) >= 11 is 0. The van der Waals surface area contributed by atoms with Gasteiger partial charge in [0.05, 0.1) is 0 Å². The predicted molar refractivity (Wildman–Crippen MR) is 80.1 cm³/mol. The second-order valence-electron chi connectivity index (χ2n) is 5.19. The molecule has 6 nitrogen and oxygen atoms in total. The molecule has 0 aromatic carbocycles. The molecule has 0 heterocycles. The molecule has 0 aliphatic rings. The second kappa shape index (κ2) is 10.7. The molecule has 0 aromatic heterocycles. The van der Waals surface area contributed by atoms with Gasteiger partial charge in [-0.1, -0.05) is 13.8 Å². The molecule has 0 aliphatic heterocycles. The first-order chi connectivity index (χ1) is 9.32. The van der Waals surface area contributed by atoms with Gasteiger partial charge in [-0.15, -0.1) is 0 Å². The molecule has 0 aliphatic carbocycles. The topological polar surface area (TPSA) is 95.5 Å². The Labute approximate surface area is 123 Å². The van der Waals surface area contributed by atoms with E-state index >= 15 is 0 Å². The summed E-state index contributed by atoms with van der Waals surface area (Å²) in [5.74, 6) is 0.339. The van der Waals surface area contributed by atoms with Crippen LogP contribution in [0.4, 0.5) is 4.79 Å². The highest BCUT2D eigenvalue weighted by Gasteiger charge is 2.15. The number of amides is 2. The third-order valence-electron chi connectivity index (χ3n) is 3.15. The Morgan fingerprint density at radius 2 is 1.75 bits per heavy atom. The summed E-state index contributed by atoms with van der Waals surface area (Å²) in [6.45, 7) is 5.03. The summed E-state index contributed by atoms with van der Waals surface area (Å²) in [5, 5.41) is 14.1. The van der Waals surface area contributed by atoms with Crippen molar-refractivity contribution in [3.05, 3.63) is 0 Å². The molecule has 2 atom stereocenters. The number of aliphatic carboxylic acids is 1. The molecule has 0 aromatic rings. The Kier molecular flexibility index (Phi) is 10.1. The van der Waals surface area contributed by atoms with Crippen LogP contribution in [-0.4, -0.2) is 46.4 Å². The summed E-state index contributed by atoms with van der Waals surface area (Å²) in [5.41, 5.74) is 0. The van der Waals surface area contributed by atoms with Gasteiger partial charge in [0.25, 0.3) is 0 Å². The van der Waals surface area contributed by atoms with E-state index in [1.54, 1.807) is 6.26 Å². The lowest BCUT2D eigenvalue weighted by Crippen LogP contribution is -2.38. The van der Waals surface area contributed by atoms with Crippen LogP contribution in [0, 0.1) is 11.8 Å². The molecule has 2 unspecified atom stereocenters. The molecule has 118 valence electrons. The van der Waals surface area contributed by atoms with Crippen LogP contribution in [0.25, 0.3) is 0 Å². The average Bonchev–Trinajstić information content (AvgIpc) is 2.32. The highest BCUT2D eigenvalue weighted by Crippen LogP contribution is 2.20. The number of nitrogens with one attached hydrogen (secondary N) is 2. The van der Waals surface area contributed by atoms with Crippen molar-refractivity contribution in [2.45, 2.75) is 33.1 Å². The molecule has 0 radical (unpaired) electrons. The number of urea groups is 1. The summed E-state index contributed by atoms with van der Waals surface area (Å²) in [6, 6.07) is -0.267. The highest BCUT2D eigenvalue weighted by molar-refractivity contribution is 7.84. The lowest BCUT2D eigenvalue weighted by Gasteiger charge is -2.20. The fraction of sp³-hybridized carbons (Fsp3) is 0.846. The van der Waals surface area contributed by atoms with Gasteiger partial charge < -0.3 is 15.7 Å². The lowest BCUT2D eigenvalue weighted by atomic mass is 9.88. The van der Waals surface area contributed by atoms with E-state index in [0.29, 0.717) is 31.2 Å². The standard InChI is InChI=1S/C13H26N2O4S/c1-10(2)11(4-5-12(16)17)6-7-14-13(18)15-8-9-20(3)19/h10-11H,4-9H2,1-3H3,(H,16,17)(H2,14,15,18). The zero-order chi connectivity index (χ0) is 15.5. The number of carbonyl (C=O) groups excluding carboxylic acids is 1. The molecule has 20 heavy (non-hydrogen) atoms. The number of hydrogen-bond donors (Lipinski definition) is 3. The van der Waals surface area contributed by atoms with Crippen molar-refractivity contribution >= 4 is 22.8 Å². The molecule has 0 rings (SSSR count). The van der Waals surface area contributed by atoms with E-state index in [1.165, 1.54) is 0 Å². The third-order valence-corrected chi connectivity index (χ3v) is 3.93. The van der Waals surface area contributed by atoms with Crippen molar-refractivity contribution in [2.75, 3.05) is 25.1 Å². The fourth-order valence-corrected chi connectivity index (χ4v) is 2.25. The maximum Gasteiger partial charge on any atom is 0.314 e. The largest absolute Gasteiger partial charge is 0.481 e. The molecule has 2 amide bonds. The van der Waals surface area contributed by atoms with E-state index < -0.39 is 16.8 Å². The smallest absolute Gasteiger partial charge is 0.314 e. The molecule has 0 saturated heterocycles. The minimum atomic E-state index is -0.907. The van der Waals surface area contributed by atoms with Crippen molar-refractivity contribution in [3.8, 4) is 0 Å². The zero-order valence-electron chi connectivity index (χ0n) is 12.5. The van der Waals surface area contributed by atoms with E-state index in [-0.39, 0.29) is 18.4 Å². The van der Waals surface area contributed by atoms with Crippen molar-refractivity contribution in [1.29, 1.82) is 0 Å². The SMILES string of the molecule is CC(C)C(CCNC(=O)NCCS(C)=O)CCC(=O)O. The average molecular weight is 306 g/mol. The first-order valence-corrected chi connectivity index (χ1v) is 8.59. The Bertz CT molecular complexity index is 334. The Balaban J connectivity index is 3.84. The first-order valence-electron chi connectivity index (χ1n) is 6.86. The normalized spacial score (nSPS) is 13.8. The van der Waals surface area contributed by atoms with Crippen molar-refractivity contribution in [3.63, 3.8) is 0 Å². The number of carbonyl (C=O) groups is 2. The Morgan fingerprint density at radius 3 is 2.25 bits per heavy atom. The van der Waals surface area contributed by atoms with Gasteiger partial charge in [0, 0.05) is 42.3 Å². The van der Waals surface area contributed by atoms with Gasteiger partial charge in [0.2, 0.25) is 0 Å². The molecule has 3 N–H and O–H groups in total. The van der Waals surface area contributed by atoms with Crippen LogP contribution >= 0.6 is 0 Å². The number of carboxylic acids is 1. The van der Waals surface area contributed by atoms with Crippen molar-refractivity contribution in [2.24, 2.45) is 11.8 Å². The summed E-state index contributed by atoms with van der Waals surface area (Å²) in [7, 11) is -0.907. The minimum Gasteiger partial charge on any atom is -0.481 e. The van der Waals surface area contributed by atoms with Gasteiger partial charge >= 0.3 is 12.0 Å². The van der Waals surface area contributed by atoms with Crippen molar-refractivity contribution in [1.82, 2.24) is 10.6 Å². The van der Waals surface area contributed by atoms with E-state index in [2.05, 4.69) is 24.5 Å². The van der Waals surface area contributed by atoms with Gasteiger partial charge in [0.15, 0.2) is 0 Å². The Morgan fingerprint density at radius 1 is 1.15 bits per heavy atom. The van der Waals surface area contributed by atoms with Gasteiger partial charge in [0.1, 0.15) is 0 Å². The summed E-state index contributed by atoms with van der Waals surface area (Å²) in [4.78, 5) is 22.0. The summed E-state index contributed by atoms with van der Waals surface area (Å²) in [6.07, 6.45) is 3.15. The van der Waals surface area contributed by atoms with Gasteiger partial charge in [-0.05, 0) is 24.7 Å². The molecule has 0 bridgehead atoms. The monoisotopic (exact) mass is 306 g/mol. The van der Waals surface area contributed by atoms with Gasteiger partial charge in [-0.25, -0.2) is 4.79 Å². The number of carboxylic acid groups (broad SMARTS) is 1. The lowest BCUT2D eigenvalue weighted by molar-refractivity contribution is -0.137. The van der Waals surface area contributed by atoms with Crippen LogP contribution in [0.5, 0.6) is 0 Å². The van der Waals surface area contributed by atoms with Crippen LogP contribution < -0.4 is 10.6 Å². The summed E-state index contributed by atoms with van der Waals surface area (Å²) < 4.78 is 10.8. The highest BCUT2D eigenvalue weighted by atomic mass is 32.2. The molecular formula is C13H26N2O4S. The van der Waals surface area contributed by atoms with Crippen molar-refractivity contribution < 1.29 is 18.9 Å². The van der Waals surface area contributed by atoms with E-state index in [1.807, 2.05) is 0 Å². The Hall–Kier alpha value is -1.11. The van der Waals surface area contributed by atoms with Crippen LogP contribution in [0.15, 0.2) is 0 Å².